The van der Waals surface area contributed by atoms with Crippen LogP contribution in [0.4, 0.5) is 0 Å². The van der Waals surface area contributed by atoms with E-state index >= 15 is 0 Å². The van der Waals surface area contributed by atoms with Crippen LogP contribution in [0.1, 0.15) is 6.92 Å². The van der Waals surface area contributed by atoms with Crippen LogP contribution < -0.4 is 0 Å². The van der Waals surface area contributed by atoms with E-state index in [0.29, 0.717) is 5.92 Å². The molecule has 1 heterocycles. The smallest absolute Gasteiger partial charge is 0.335 e. The Morgan fingerprint density at radius 1 is 1.54 bits per heavy atom. The summed E-state index contributed by atoms with van der Waals surface area (Å²) in [4.78, 5) is 2.33. The van der Waals surface area contributed by atoms with E-state index < -0.39 is 8.56 Å². The van der Waals surface area contributed by atoms with Crippen molar-refractivity contribution in [1.82, 2.24) is 4.90 Å². The van der Waals surface area contributed by atoms with Crippen molar-refractivity contribution in [1.29, 1.82) is 0 Å². The van der Waals surface area contributed by atoms with Crippen molar-refractivity contribution < 1.29 is 8.85 Å². The molecule has 1 fully saturated rings. The van der Waals surface area contributed by atoms with E-state index in [2.05, 4.69) is 25.4 Å². The molecule has 0 saturated carbocycles. The third kappa shape index (κ3) is 3.38. The van der Waals surface area contributed by atoms with Crippen LogP contribution in [0.2, 0.25) is 12.6 Å². The summed E-state index contributed by atoms with van der Waals surface area (Å²) in [5.74, 6) is 0.682. The first kappa shape index (κ1) is 11.2. The fourth-order valence-electron chi connectivity index (χ4n) is 1.94. The van der Waals surface area contributed by atoms with E-state index in [1.165, 1.54) is 0 Å². The van der Waals surface area contributed by atoms with Crippen LogP contribution in [0.15, 0.2) is 0 Å². The molecule has 4 heteroatoms. The van der Waals surface area contributed by atoms with E-state index in [9.17, 15) is 0 Å². The van der Waals surface area contributed by atoms with Gasteiger partial charge in [0, 0.05) is 26.8 Å². The van der Waals surface area contributed by atoms with Gasteiger partial charge in [0.1, 0.15) is 0 Å². The lowest BCUT2D eigenvalue weighted by molar-refractivity contribution is 0.146. The summed E-state index contributed by atoms with van der Waals surface area (Å²) in [6, 6.07) is 1.10. The molecular formula is C9H21NO2Si. The SMILES string of the molecule is CO[Si]1(C)CC(C)CN(C)CCO1. The first-order valence-corrected chi connectivity index (χ1v) is 7.46. The molecule has 2 atom stereocenters. The van der Waals surface area contributed by atoms with Crippen molar-refractivity contribution in [3.8, 4) is 0 Å². The number of rotatable bonds is 1. The summed E-state index contributed by atoms with van der Waals surface area (Å²) < 4.78 is 11.4. The van der Waals surface area contributed by atoms with Gasteiger partial charge in [0.2, 0.25) is 0 Å². The Morgan fingerprint density at radius 2 is 2.23 bits per heavy atom. The molecule has 1 aliphatic heterocycles. The predicted molar refractivity (Wildman–Crippen MR) is 56.0 cm³/mol. The topological polar surface area (TPSA) is 21.7 Å². The zero-order valence-corrected chi connectivity index (χ0v) is 10.2. The van der Waals surface area contributed by atoms with Gasteiger partial charge in [-0.15, -0.1) is 0 Å². The largest absolute Gasteiger partial charge is 0.398 e. The third-order valence-corrected chi connectivity index (χ3v) is 5.77. The molecule has 0 aromatic heterocycles. The van der Waals surface area contributed by atoms with Gasteiger partial charge in [-0.3, -0.25) is 0 Å². The Bertz CT molecular complexity index is 168. The molecule has 13 heavy (non-hydrogen) atoms. The summed E-state index contributed by atoms with van der Waals surface area (Å²) in [6.45, 7) is 7.44. The minimum atomic E-state index is -1.81. The lowest BCUT2D eigenvalue weighted by atomic mass is 10.2. The molecule has 1 saturated heterocycles. The second kappa shape index (κ2) is 4.55. The van der Waals surface area contributed by atoms with Crippen LogP contribution >= 0.6 is 0 Å². The van der Waals surface area contributed by atoms with Gasteiger partial charge in [0.15, 0.2) is 0 Å². The summed E-state index contributed by atoms with van der Waals surface area (Å²) in [6.07, 6.45) is 0. The predicted octanol–water partition coefficient (Wildman–Crippen LogP) is 1.30. The van der Waals surface area contributed by atoms with Crippen LogP contribution in [0.25, 0.3) is 0 Å². The number of hydrogen-bond acceptors (Lipinski definition) is 3. The highest BCUT2D eigenvalue weighted by atomic mass is 28.4. The Morgan fingerprint density at radius 3 is 2.85 bits per heavy atom. The van der Waals surface area contributed by atoms with Crippen molar-refractivity contribution in [3.05, 3.63) is 0 Å². The Balaban J connectivity index is 2.53. The highest BCUT2D eigenvalue weighted by Gasteiger charge is 2.33. The molecular weight excluding hydrogens is 182 g/mol. The zero-order valence-electron chi connectivity index (χ0n) is 9.17. The van der Waals surface area contributed by atoms with Gasteiger partial charge < -0.3 is 13.8 Å². The Labute approximate surface area is 82.3 Å². The van der Waals surface area contributed by atoms with Crippen molar-refractivity contribution in [2.75, 3.05) is 33.9 Å². The standard InChI is InChI=1S/C9H21NO2Si/c1-9-7-10(2)5-6-12-13(4,8-9)11-3/h9H,5-8H2,1-4H3. The highest BCUT2D eigenvalue weighted by Crippen LogP contribution is 2.21. The zero-order chi connectivity index (χ0) is 9.90. The minimum absolute atomic E-state index is 0.682. The van der Waals surface area contributed by atoms with E-state index in [1.807, 2.05) is 0 Å². The van der Waals surface area contributed by atoms with Crippen LogP contribution in [-0.2, 0) is 8.85 Å². The monoisotopic (exact) mass is 203 g/mol. The fourth-order valence-corrected chi connectivity index (χ4v) is 4.26. The van der Waals surface area contributed by atoms with E-state index in [-0.39, 0.29) is 0 Å². The molecule has 0 bridgehead atoms. The summed E-state index contributed by atoms with van der Waals surface area (Å²) >= 11 is 0. The summed E-state index contributed by atoms with van der Waals surface area (Å²) in [7, 11) is 2.12. The maximum atomic E-state index is 5.84. The fraction of sp³-hybridized carbons (Fsp3) is 1.00. The van der Waals surface area contributed by atoms with Crippen molar-refractivity contribution >= 4 is 8.56 Å². The van der Waals surface area contributed by atoms with Crippen LogP contribution in [0, 0.1) is 5.92 Å². The molecule has 0 aromatic rings. The number of nitrogens with zero attached hydrogens (tertiary/aromatic N) is 1. The van der Waals surface area contributed by atoms with Crippen LogP contribution in [-0.4, -0.2) is 47.3 Å². The molecule has 0 N–H and O–H groups in total. The second-order valence-corrected chi connectivity index (χ2v) is 7.63. The molecule has 1 rings (SSSR count). The van der Waals surface area contributed by atoms with E-state index in [1.54, 1.807) is 7.11 Å². The summed E-state index contributed by atoms with van der Waals surface area (Å²) in [5, 5.41) is 0. The minimum Gasteiger partial charge on any atom is -0.398 e. The molecule has 0 aliphatic carbocycles. The van der Waals surface area contributed by atoms with Gasteiger partial charge in [0.05, 0.1) is 0 Å². The van der Waals surface area contributed by atoms with Gasteiger partial charge in [-0.1, -0.05) is 6.92 Å². The van der Waals surface area contributed by atoms with E-state index in [0.717, 1.165) is 25.7 Å². The molecule has 0 amide bonds. The van der Waals surface area contributed by atoms with Gasteiger partial charge >= 0.3 is 8.56 Å². The first-order valence-electron chi connectivity index (χ1n) is 4.93. The summed E-state index contributed by atoms with van der Waals surface area (Å²) in [5.41, 5.74) is 0. The molecule has 0 aromatic carbocycles. The molecule has 3 nitrogen and oxygen atoms in total. The first-order chi connectivity index (χ1) is 6.06. The molecule has 78 valence electrons. The van der Waals surface area contributed by atoms with Crippen molar-refractivity contribution in [2.24, 2.45) is 5.92 Å². The van der Waals surface area contributed by atoms with E-state index in [4.69, 9.17) is 8.85 Å². The van der Waals surface area contributed by atoms with Gasteiger partial charge in [-0.25, -0.2) is 0 Å². The van der Waals surface area contributed by atoms with Gasteiger partial charge in [0.25, 0.3) is 0 Å². The van der Waals surface area contributed by atoms with Gasteiger partial charge in [-0.05, 0) is 25.6 Å². The average Bonchev–Trinajstić information content (AvgIpc) is 2.01. The van der Waals surface area contributed by atoms with Crippen LogP contribution in [0.3, 0.4) is 0 Å². The number of likely N-dealkylation sites (N-methyl/N-ethyl adjacent to an activating group) is 1. The average molecular weight is 203 g/mol. The lowest BCUT2D eigenvalue weighted by Crippen LogP contribution is -2.45. The normalized spacial score (nSPS) is 38.3. The Hall–Kier alpha value is 0.0969. The highest BCUT2D eigenvalue weighted by molar-refractivity contribution is 6.66. The Kier molecular flexibility index (Phi) is 3.91. The third-order valence-electron chi connectivity index (χ3n) is 2.65. The molecule has 2 unspecified atom stereocenters. The molecule has 0 radical (unpaired) electrons. The van der Waals surface area contributed by atoms with Crippen molar-refractivity contribution in [3.63, 3.8) is 0 Å². The maximum Gasteiger partial charge on any atom is 0.335 e. The molecule has 0 spiro atoms. The maximum absolute atomic E-state index is 5.84. The lowest BCUT2D eigenvalue weighted by Gasteiger charge is -2.33. The van der Waals surface area contributed by atoms with Crippen molar-refractivity contribution in [2.45, 2.75) is 19.5 Å². The molecule has 1 aliphatic rings. The quantitative estimate of drug-likeness (QED) is 0.600. The van der Waals surface area contributed by atoms with Gasteiger partial charge in [-0.2, -0.15) is 0 Å². The second-order valence-electron chi connectivity index (χ2n) is 4.26. The number of hydrogen-bond donors (Lipinski definition) is 0. The van der Waals surface area contributed by atoms with Crippen LogP contribution in [0.5, 0.6) is 0 Å².